The van der Waals surface area contributed by atoms with Gasteiger partial charge in [-0.25, -0.2) is 31.2 Å². The highest BCUT2D eigenvalue weighted by atomic mass is 19.4. The summed E-state index contributed by atoms with van der Waals surface area (Å²) >= 11 is 0. The number of likely N-dealkylation sites (tertiary alicyclic amines) is 7. The van der Waals surface area contributed by atoms with E-state index in [0.29, 0.717) is 75.8 Å². The Bertz CT molecular complexity index is 2560. The van der Waals surface area contributed by atoms with Gasteiger partial charge in [-0.15, -0.1) is 0 Å². The minimum absolute atomic E-state index is 0.0134. The van der Waals surface area contributed by atoms with E-state index in [2.05, 4.69) is 119 Å². The first-order valence-electron chi connectivity index (χ1n) is 39.9. The molecule has 17 rings (SSSR count). The van der Waals surface area contributed by atoms with Crippen LogP contribution in [0.2, 0.25) is 0 Å². The highest BCUT2D eigenvalue weighted by molar-refractivity contribution is 5.16. The van der Waals surface area contributed by atoms with Gasteiger partial charge in [-0.05, 0) is 252 Å². The number of rotatable bonds is 9. The Kier molecular flexibility index (Phi) is 27.8. The average molecular weight is 1480 g/mol. The third-order valence-corrected chi connectivity index (χ3v) is 26.3. The second kappa shape index (κ2) is 32.9. The predicted molar refractivity (Wildman–Crippen MR) is 381 cm³/mol. The van der Waals surface area contributed by atoms with Crippen molar-refractivity contribution < 1.29 is 66.2 Å². The number of piperidine rings is 4. The molecule has 0 amide bonds. The first-order chi connectivity index (χ1) is 46.9. The van der Waals surface area contributed by atoms with E-state index in [1.807, 2.05) is 27.7 Å². The van der Waals surface area contributed by atoms with Gasteiger partial charge >= 0.3 is 18.4 Å². The zero-order valence-electron chi connectivity index (χ0n) is 66.1. The number of nitrogens with zero attached hydrogens (tertiary/aromatic N) is 9. The van der Waals surface area contributed by atoms with Crippen molar-refractivity contribution in [1.29, 1.82) is 0 Å². The fourth-order valence-corrected chi connectivity index (χ4v) is 19.6. The van der Waals surface area contributed by atoms with Gasteiger partial charge in [0.2, 0.25) is 0 Å². The summed E-state index contributed by atoms with van der Waals surface area (Å²) in [5, 5.41) is 0. The summed E-state index contributed by atoms with van der Waals surface area (Å²) in [4.78, 5) is 18.6. The van der Waals surface area contributed by atoms with E-state index < -0.39 is 60.3 Å². The van der Waals surface area contributed by atoms with Crippen LogP contribution in [-0.4, -0.2) is 261 Å². The van der Waals surface area contributed by atoms with Crippen molar-refractivity contribution in [2.45, 2.75) is 392 Å². The Morgan fingerprint density at radius 2 is 0.961 bits per heavy atom. The van der Waals surface area contributed by atoms with Crippen molar-refractivity contribution in [2.75, 3.05) is 72.1 Å². The molecule has 12 saturated heterocycles. The molecule has 12 heterocycles. The molecule has 102 heavy (non-hydrogen) atoms. The monoisotopic (exact) mass is 1480 g/mol. The van der Waals surface area contributed by atoms with E-state index in [0.717, 1.165) is 81.5 Å². The van der Waals surface area contributed by atoms with Gasteiger partial charge in [-0.3, -0.25) is 34.3 Å². The molecule has 598 valence electrons. The Balaban J connectivity index is 0.000000146. The fraction of sp³-hybridized carbons (Fsp3) is 1.00. The average Bonchev–Trinajstić information content (AvgIpc) is 1.51. The number of morpholine rings is 1. The van der Waals surface area contributed by atoms with Crippen LogP contribution in [0, 0.1) is 34.5 Å². The van der Waals surface area contributed by atoms with Crippen LogP contribution in [0.5, 0.6) is 0 Å². The minimum Gasteiger partial charge on any atom is -0.375 e. The molecule has 4 bridgehead atoms. The van der Waals surface area contributed by atoms with E-state index in [1.54, 1.807) is 30.6 Å². The molecule has 24 heteroatoms. The van der Waals surface area contributed by atoms with Gasteiger partial charge in [0.25, 0.3) is 11.8 Å². The summed E-state index contributed by atoms with van der Waals surface area (Å²) in [5.41, 5.74) is 0.347. The van der Waals surface area contributed by atoms with Crippen LogP contribution >= 0.6 is 0 Å². The Morgan fingerprint density at radius 3 is 1.24 bits per heavy atom. The summed E-state index contributed by atoms with van der Waals surface area (Å²) in [6.07, 6.45) is 5.79. The second-order valence-corrected chi connectivity index (χ2v) is 37.1. The van der Waals surface area contributed by atoms with Crippen molar-refractivity contribution in [2.24, 2.45) is 34.5 Å². The molecule has 12 aliphatic heterocycles. The van der Waals surface area contributed by atoms with Gasteiger partial charge < -0.3 is 9.64 Å². The zero-order chi connectivity index (χ0) is 76.3. The maximum Gasteiger partial charge on any atom is 0.406 e. The number of hydrogen-bond acceptors (Lipinski definition) is 10. The first kappa shape index (κ1) is 86.2. The van der Waals surface area contributed by atoms with Crippen LogP contribution < -0.4 is 0 Å². The van der Waals surface area contributed by atoms with Crippen LogP contribution in [0.1, 0.15) is 248 Å². The number of alkyl halides is 14. The second-order valence-electron chi connectivity index (χ2n) is 37.1. The van der Waals surface area contributed by atoms with Crippen molar-refractivity contribution in [3.63, 3.8) is 0 Å². The fourth-order valence-electron chi connectivity index (χ4n) is 19.6. The topological polar surface area (TPSA) is 38.4 Å². The third-order valence-electron chi connectivity index (χ3n) is 26.3. The number of ether oxygens (including phenoxy) is 1. The Morgan fingerprint density at radius 1 is 0.451 bits per heavy atom. The van der Waals surface area contributed by atoms with Gasteiger partial charge in [0.15, 0.2) is 0 Å². The molecule has 0 aromatic carbocycles. The largest absolute Gasteiger partial charge is 0.406 e. The van der Waals surface area contributed by atoms with E-state index in [1.165, 1.54) is 63.2 Å². The molecule has 3 spiro atoms. The SMILES string of the molecule is CC(C)N1C2CCC(OC2)C1C(F)(F)F.CC(C)N1C2CCC1CC(F)(F)C2.CC(C)N1CC(F)C2(CC2)C1.CC(C)N1CC2C(C1)C2(F)F.CC(C)N1CC2CC2C1C(F)(F)F.CC(C)N1CCC1(F)F.CC(C)N1CCC12CC(C)(F)C2.CC(C)N1CCC1C.CC(C)N1CCC2(CC2)C1. The highest BCUT2D eigenvalue weighted by Gasteiger charge is 2.72. The molecule has 12 atom stereocenters. The maximum atomic E-state index is 13.3. The van der Waals surface area contributed by atoms with Gasteiger partial charge in [-0.2, -0.15) is 35.1 Å². The van der Waals surface area contributed by atoms with Crippen molar-refractivity contribution in [1.82, 2.24) is 44.1 Å². The number of halogens is 14. The van der Waals surface area contributed by atoms with Gasteiger partial charge in [0.1, 0.15) is 23.9 Å². The van der Waals surface area contributed by atoms with Gasteiger partial charge in [-0.1, -0.05) is 0 Å². The molecule has 17 aliphatic rings. The molecule has 17 fully saturated rings. The standard InChI is InChI=1S/C10H16F3NO.C10H17F2N.C10H18FN.C9H14F3N.C9H16FN.C9H17N.C8H13F2N.C7H15N.C6H11F2N/c1-6(2)14-7-3-4-8(15-5-7)9(14)10(11,12)13;1-7(2)13-8-3-4-9(13)6-10(11,12)5-8;1-8(2)12-5-4-10(12)6-9(3,11)7-10;1-5(2)13-4-6-3-7(6)8(13)9(10,11)12;1-7(2)11-5-8(10)9(6-11)3-4-9;1-8(2)10-6-5-9(7-10)3-4-9;1-5(2)11-3-6-7(4-11)8(6,9)10;1-6(2)8-5-4-7(8)3;1-5(2)9-4-3-6(9,7)8/h6-9H,3-5H2,1-2H3;7-9H,3-6H2,1-2H3;8H,4-7H2,1-3H3;5-8H,3-4H2,1-2H3;7-8H,3-6H2,1-2H3;8H,3-7H2,1-2H3;5-7H,3-4H2,1-2H3;6-7H,4-5H2,1-3H3;5H,3-4H2,1-2H3. The molecule has 5 saturated carbocycles. The maximum absolute atomic E-state index is 13.3. The molecule has 0 aromatic rings. The lowest BCUT2D eigenvalue weighted by atomic mass is 9.60. The van der Waals surface area contributed by atoms with E-state index in [4.69, 9.17) is 4.74 Å². The van der Waals surface area contributed by atoms with E-state index >= 15 is 0 Å². The molecule has 0 N–H and O–H groups in total. The number of hydrogen-bond donors (Lipinski definition) is 0. The first-order valence-corrected chi connectivity index (χ1v) is 39.9. The molecular formula is C78H137F14N9O. The van der Waals surface area contributed by atoms with Crippen LogP contribution in [0.25, 0.3) is 0 Å². The summed E-state index contributed by atoms with van der Waals surface area (Å²) in [6.45, 7) is 50.9. The third kappa shape index (κ3) is 20.8. The van der Waals surface area contributed by atoms with E-state index in [-0.39, 0.29) is 84.2 Å². The molecule has 0 aromatic heterocycles. The summed E-state index contributed by atoms with van der Waals surface area (Å²) in [6, 6.07) is -0.536. The molecular weight excluding hydrogens is 1340 g/mol. The van der Waals surface area contributed by atoms with Gasteiger partial charge in [0, 0.05) is 179 Å². The van der Waals surface area contributed by atoms with Crippen LogP contribution in [0.15, 0.2) is 0 Å². The lowest BCUT2D eigenvalue weighted by Gasteiger charge is -2.64. The smallest absolute Gasteiger partial charge is 0.375 e. The summed E-state index contributed by atoms with van der Waals surface area (Å²) in [7, 11) is 0. The van der Waals surface area contributed by atoms with Gasteiger partial charge in [0.05, 0.1) is 12.7 Å². The quantitative estimate of drug-likeness (QED) is 0.165. The summed E-state index contributed by atoms with van der Waals surface area (Å²) in [5.74, 6) is -5.10. The Hall–Kier alpha value is -1.38. The molecule has 10 nitrogen and oxygen atoms in total. The van der Waals surface area contributed by atoms with Crippen molar-refractivity contribution >= 4 is 0 Å². The lowest BCUT2D eigenvalue weighted by Crippen LogP contribution is -2.71. The molecule has 12 unspecified atom stereocenters. The summed E-state index contributed by atoms with van der Waals surface area (Å²) < 4.78 is 185. The highest BCUT2D eigenvalue weighted by Crippen LogP contribution is 2.60. The van der Waals surface area contributed by atoms with Crippen LogP contribution in [-0.2, 0) is 4.74 Å². The van der Waals surface area contributed by atoms with E-state index in [9.17, 15) is 61.5 Å². The van der Waals surface area contributed by atoms with Crippen molar-refractivity contribution in [3.05, 3.63) is 0 Å². The lowest BCUT2D eigenvalue weighted by molar-refractivity contribution is -0.268. The normalized spacial score (nSPS) is 35.2. The zero-order valence-corrected chi connectivity index (χ0v) is 66.1. The number of fused-ring (bicyclic) bond motifs is 7. The minimum atomic E-state index is -4.17. The van der Waals surface area contributed by atoms with Crippen molar-refractivity contribution in [3.8, 4) is 0 Å². The Labute approximate surface area is 606 Å². The van der Waals surface area contributed by atoms with Crippen LogP contribution in [0.4, 0.5) is 61.5 Å². The van der Waals surface area contributed by atoms with Crippen LogP contribution in [0.3, 0.4) is 0 Å². The molecule has 5 aliphatic carbocycles. The predicted octanol–water partition coefficient (Wildman–Crippen LogP) is 18.0. The molecule has 0 radical (unpaired) electrons.